The first-order valence-electron chi connectivity index (χ1n) is 6.20. The molecule has 108 valence electrons. The van der Waals surface area contributed by atoms with Gasteiger partial charge in [0.05, 0.1) is 22.9 Å². The predicted octanol–water partition coefficient (Wildman–Crippen LogP) is 1.48. The largest absolute Gasteiger partial charge is 0.387 e. The van der Waals surface area contributed by atoms with Crippen molar-refractivity contribution < 1.29 is 9.90 Å². The Morgan fingerprint density at radius 2 is 2.11 bits per heavy atom. The number of rotatable bonds is 5. The number of hydrogen-bond acceptors (Lipinski definition) is 4. The first-order valence-corrected chi connectivity index (χ1v) is 7.60. The second-order valence-electron chi connectivity index (χ2n) is 5.96. The summed E-state index contributed by atoms with van der Waals surface area (Å²) in [5, 5.41) is 16.9. The molecule has 1 aromatic rings. The molecule has 1 unspecified atom stereocenters. The van der Waals surface area contributed by atoms with Crippen LogP contribution in [0.2, 0.25) is 0 Å². The highest BCUT2D eigenvalue weighted by Gasteiger charge is 2.22. The molecular formula is C13H23N3O2S. The Morgan fingerprint density at radius 3 is 2.58 bits per heavy atom. The molecule has 19 heavy (non-hydrogen) atoms. The molecule has 0 aliphatic rings. The van der Waals surface area contributed by atoms with Crippen molar-refractivity contribution in [3.8, 4) is 0 Å². The van der Waals surface area contributed by atoms with Gasteiger partial charge in [-0.3, -0.25) is 9.48 Å². The highest BCUT2D eigenvalue weighted by atomic mass is 32.2. The summed E-state index contributed by atoms with van der Waals surface area (Å²) in [5.41, 5.74) is -0.535. The van der Waals surface area contributed by atoms with Gasteiger partial charge < -0.3 is 10.4 Å². The van der Waals surface area contributed by atoms with Crippen molar-refractivity contribution in [3.63, 3.8) is 0 Å². The summed E-state index contributed by atoms with van der Waals surface area (Å²) in [5.74, 6) is 0.367. The van der Waals surface area contributed by atoms with Crippen LogP contribution in [0.1, 0.15) is 38.1 Å². The fourth-order valence-electron chi connectivity index (χ4n) is 1.54. The van der Waals surface area contributed by atoms with Gasteiger partial charge in [0.2, 0.25) is 0 Å². The van der Waals surface area contributed by atoms with E-state index < -0.39 is 5.60 Å². The molecule has 1 heterocycles. The molecular weight excluding hydrogens is 262 g/mol. The van der Waals surface area contributed by atoms with Gasteiger partial charge in [-0.05, 0) is 34.0 Å². The summed E-state index contributed by atoms with van der Waals surface area (Å²) in [4.78, 5) is 12.0. The van der Waals surface area contributed by atoms with Gasteiger partial charge in [0.15, 0.2) is 0 Å². The van der Waals surface area contributed by atoms with Crippen molar-refractivity contribution in [1.29, 1.82) is 0 Å². The molecule has 1 aromatic heterocycles. The first kappa shape index (κ1) is 16.0. The maximum atomic E-state index is 12.0. The predicted molar refractivity (Wildman–Crippen MR) is 78.6 cm³/mol. The molecule has 0 spiro atoms. The molecule has 0 saturated heterocycles. The zero-order chi connectivity index (χ0) is 14.7. The van der Waals surface area contributed by atoms with Gasteiger partial charge in [-0.1, -0.05) is 0 Å². The second kappa shape index (κ2) is 5.96. The van der Waals surface area contributed by atoms with Crippen LogP contribution in [0.5, 0.6) is 0 Å². The maximum Gasteiger partial charge on any atom is 0.254 e. The third kappa shape index (κ3) is 4.87. The van der Waals surface area contributed by atoms with Crippen LogP contribution in [0, 0.1) is 0 Å². The molecule has 1 rings (SSSR count). The first-order chi connectivity index (χ1) is 8.65. The maximum absolute atomic E-state index is 12.0. The molecule has 2 N–H and O–H groups in total. The molecule has 0 bridgehead atoms. The Bertz CT molecular complexity index is 435. The molecule has 0 aliphatic heterocycles. The van der Waals surface area contributed by atoms with Crippen LogP contribution < -0.4 is 5.32 Å². The molecule has 0 fully saturated rings. The van der Waals surface area contributed by atoms with E-state index in [0.717, 1.165) is 0 Å². The van der Waals surface area contributed by atoms with E-state index in [0.29, 0.717) is 11.3 Å². The Labute approximate surface area is 118 Å². The molecule has 0 radical (unpaired) electrons. The van der Waals surface area contributed by atoms with E-state index in [9.17, 15) is 9.90 Å². The standard InChI is InChI=1S/C13H23N3O2S/c1-12(2,3)16-7-10(6-15-16)11(17)14-8-13(4,18)9-19-5/h6-7,18H,8-9H2,1-5H3,(H,14,17). The van der Waals surface area contributed by atoms with Crippen molar-refractivity contribution in [2.24, 2.45) is 0 Å². The minimum atomic E-state index is -0.894. The van der Waals surface area contributed by atoms with Gasteiger partial charge in [0.25, 0.3) is 5.91 Å². The zero-order valence-electron chi connectivity index (χ0n) is 12.2. The van der Waals surface area contributed by atoms with E-state index in [2.05, 4.69) is 10.4 Å². The van der Waals surface area contributed by atoms with Crippen molar-refractivity contribution in [3.05, 3.63) is 18.0 Å². The Balaban J connectivity index is 2.62. The summed E-state index contributed by atoms with van der Waals surface area (Å²) in [6, 6.07) is 0. The van der Waals surface area contributed by atoms with Crippen LogP contribution in [0.4, 0.5) is 0 Å². The van der Waals surface area contributed by atoms with Crippen molar-refractivity contribution in [2.75, 3.05) is 18.6 Å². The fraction of sp³-hybridized carbons (Fsp3) is 0.692. The van der Waals surface area contributed by atoms with Crippen LogP contribution in [-0.4, -0.2) is 44.9 Å². The van der Waals surface area contributed by atoms with E-state index in [4.69, 9.17) is 0 Å². The number of nitrogens with one attached hydrogen (secondary N) is 1. The van der Waals surface area contributed by atoms with Crippen molar-refractivity contribution in [1.82, 2.24) is 15.1 Å². The highest BCUT2D eigenvalue weighted by molar-refractivity contribution is 7.98. The molecule has 1 amide bonds. The minimum absolute atomic E-state index is 0.150. The smallest absolute Gasteiger partial charge is 0.254 e. The van der Waals surface area contributed by atoms with Gasteiger partial charge in [0, 0.05) is 18.5 Å². The zero-order valence-corrected chi connectivity index (χ0v) is 13.0. The second-order valence-corrected chi connectivity index (χ2v) is 6.82. The highest BCUT2D eigenvalue weighted by Crippen LogP contribution is 2.13. The quantitative estimate of drug-likeness (QED) is 0.860. The van der Waals surface area contributed by atoms with Crippen molar-refractivity contribution in [2.45, 2.75) is 38.8 Å². The lowest BCUT2D eigenvalue weighted by Crippen LogP contribution is -2.42. The summed E-state index contributed by atoms with van der Waals surface area (Å²) in [6.45, 7) is 8.00. The molecule has 0 aliphatic carbocycles. The summed E-state index contributed by atoms with van der Waals surface area (Å²) in [7, 11) is 0. The number of aliphatic hydroxyl groups is 1. The van der Waals surface area contributed by atoms with E-state index in [1.807, 2.05) is 27.0 Å². The number of amides is 1. The summed E-state index contributed by atoms with van der Waals surface area (Å²) >= 11 is 1.55. The number of hydrogen-bond donors (Lipinski definition) is 2. The minimum Gasteiger partial charge on any atom is -0.387 e. The monoisotopic (exact) mass is 285 g/mol. The number of carbonyl (C=O) groups excluding carboxylic acids is 1. The number of aromatic nitrogens is 2. The molecule has 0 aromatic carbocycles. The molecule has 0 saturated carbocycles. The lowest BCUT2D eigenvalue weighted by Gasteiger charge is -2.22. The van der Waals surface area contributed by atoms with Gasteiger partial charge in [-0.25, -0.2) is 0 Å². The summed E-state index contributed by atoms with van der Waals surface area (Å²) in [6.07, 6.45) is 5.19. The Hall–Kier alpha value is -1.01. The summed E-state index contributed by atoms with van der Waals surface area (Å²) < 4.78 is 1.75. The number of nitrogens with zero attached hydrogens (tertiary/aromatic N) is 2. The lowest BCUT2D eigenvalue weighted by molar-refractivity contribution is 0.0725. The third-order valence-electron chi connectivity index (χ3n) is 2.62. The van der Waals surface area contributed by atoms with E-state index >= 15 is 0 Å². The SMILES string of the molecule is CSCC(C)(O)CNC(=O)c1cnn(C(C)(C)C)c1. The normalized spacial score (nSPS) is 15.1. The van der Waals surface area contributed by atoms with Crippen molar-refractivity contribution >= 4 is 17.7 Å². The van der Waals surface area contributed by atoms with E-state index in [1.54, 1.807) is 35.8 Å². The Morgan fingerprint density at radius 1 is 1.47 bits per heavy atom. The van der Waals surface area contributed by atoms with Crippen LogP contribution in [-0.2, 0) is 5.54 Å². The number of thioether (sulfide) groups is 1. The molecule has 5 nitrogen and oxygen atoms in total. The van der Waals surface area contributed by atoms with E-state index in [1.165, 1.54) is 0 Å². The average molecular weight is 285 g/mol. The lowest BCUT2D eigenvalue weighted by atomic mass is 10.1. The Kier molecular flexibility index (Phi) is 5.04. The van der Waals surface area contributed by atoms with Gasteiger partial charge in [-0.2, -0.15) is 16.9 Å². The third-order valence-corrected chi connectivity index (χ3v) is 3.53. The van der Waals surface area contributed by atoms with Crippen LogP contribution in [0.25, 0.3) is 0 Å². The average Bonchev–Trinajstić information content (AvgIpc) is 2.74. The van der Waals surface area contributed by atoms with Gasteiger partial charge >= 0.3 is 0 Å². The van der Waals surface area contributed by atoms with Crippen LogP contribution in [0.3, 0.4) is 0 Å². The van der Waals surface area contributed by atoms with Crippen LogP contribution in [0.15, 0.2) is 12.4 Å². The van der Waals surface area contributed by atoms with Gasteiger partial charge in [0.1, 0.15) is 0 Å². The van der Waals surface area contributed by atoms with Gasteiger partial charge in [-0.15, -0.1) is 0 Å². The topological polar surface area (TPSA) is 67.2 Å². The molecule has 1 atom stereocenters. The van der Waals surface area contributed by atoms with Crippen LogP contribution >= 0.6 is 11.8 Å². The molecule has 6 heteroatoms. The number of carbonyl (C=O) groups is 1. The fourth-order valence-corrected chi connectivity index (χ4v) is 2.27. The van der Waals surface area contributed by atoms with E-state index in [-0.39, 0.29) is 18.0 Å².